The van der Waals surface area contributed by atoms with Gasteiger partial charge in [-0.1, -0.05) is 70.2 Å². The van der Waals surface area contributed by atoms with Crippen LogP contribution in [0.4, 0.5) is 5.69 Å². The molecule has 0 aliphatic heterocycles. The van der Waals surface area contributed by atoms with Gasteiger partial charge in [0.15, 0.2) is 0 Å². The molecular weight excluding hydrogens is 406 g/mol. The molecule has 0 bridgehead atoms. The third kappa shape index (κ3) is 6.54. The lowest BCUT2D eigenvalue weighted by Gasteiger charge is -2.31. The van der Waals surface area contributed by atoms with Crippen LogP contribution in [0.5, 0.6) is 11.5 Å². The molecule has 0 aliphatic carbocycles. The van der Waals surface area contributed by atoms with Crippen molar-refractivity contribution in [2.75, 3.05) is 11.9 Å². The van der Waals surface area contributed by atoms with E-state index in [1.165, 1.54) is 16.8 Å². The number of phenolic OH excluding ortho intramolecular Hbond substituents is 2. The molecule has 0 saturated carbocycles. The maximum atomic E-state index is 10.2. The first kappa shape index (κ1) is 24.7. The predicted octanol–water partition coefficient (Wildman–Crippen LogP) is 7.42. The Kier molecular flexibility index (Phi) is 8.43. The van der Waals surface area contributed by atoms with Gasteiger partial charge >= 0.3 is 0 Å². The van der Waals surface area contributed by atoms with E-state index in [9.17, 15) is 10.2 Å². The van der Waals surface area contributed by atoms with Crippen molar-refractivity contribution in [2.24, 2.45) is 0 Å². The Balaban J connectivity index is 1.77. The molecule has 3 nitrogen and oxygen atoms in total. The zero-order valence-corrected chi connectivity index (χ0v) is 20.8. The molecule has 3 rings (SSSR count). The van der Waals surface area contributed by atoms with Crippen molar-refractivity contribution in [2.45, 2.75) is 71.3 Å². The molecule has 2 N–H and O–H groups in total. The Bertz CT molecular complexity index is 965. The first-order valence-corrected chi connectivity index (χ1v) is 12.2. The summed E-state index contributed by atoms with van der Waals surface area (Å²) in [5.74, 6) is 1.38. The van der Waals surface area contributed by atoms with E-state index in [1.807, 2.05) is 12.1 Å². The lowest BCUT2D eigenvalue weighted by molar-refractivity contribution is 0.464. The van der Waals surface area contributed by atoms with Crippen molar-refractivity contribution in [3.05, 3.63) is 89.0 Å². The largest absolute Gasteiger partial charge is 0.508 e. The number of anilines is 1. The van der Waals surface area contributed by atoms with Gasteiger partial charge in [-0.3, -0.25) is 0 Å². The van der Waals surface area contributed by atoms with Gasteiger partial charge in [-0.15, -0.1) is 0 Å². The van der Waals surface area contributed by atoms with Crippen molar-refractivity contribution in [3.63, 3.8) is 0 Å². The Morgan fingerprint density at radius 1 is 0.667 bits per heavy atom. The Morgan fingerprint density at radius 2 is 1.12 bits per heavy atom. The van der Waals surface area contributed by atoms with Crippen LogP contribution in [0.2, 0.25) is 0 Å². The first-order valence-electron chi connectivity index (χ1n) is 12.2. The van der Waals surface area contributed by atoms with E-state index < -0.39 is 0 Å². The molecule has 3 heteroatoms. The molecule has 0 atom stereocenters. The smallest absolute Gasteiger partial charge is 0.119 e. The van der Waals surface area contributed by atoms with Gasteiger partial charge in [-0.25, -0.2) is 0 Å². The highest BCUT2D eigenvalue weighted by atomic mass is 16.3. The van der Waals surface area contributed by atoms with Crippen molar-refractivity contribution >= 4 is 5.69 Å². The zero-order valence-electron chi connectivity index (χ0n) is 20.8. The maximum Gasteiger partial charge on any atom is 0.119 e. The molecule has 0 spiro atoms. The molecule has 0 aliphatic rings. The number of phenols is 2. The minimum Gasteiger partial charge on any atom is -0.508 e. The highest BCUT2D eigenvalue weighted by molar-refractivity contribution is 5.46. The minimum atomic E-state index is 0.303. The molecule has 0 saturated heterocycles. The zero-order chi connectivity index (χ0) is 24.0. The summed E-state index contributed by atoms with van der Waals surface area (Å²) in [5, 5.41) is 20.4. The van der Waals surface area contributed by atoms with Crippen LogP contribution in [0, 0.1) is 0 Å². The van der Waals surface area contributed by atoms with E-state index >= 15 is 0 Å². The van der Waals surface area contributed by atoms with Gasteiger partial charge in [0.05, 0.1) is 0 Å². The van der Waals surface area contributed by atoms with E-state index in [-0.39, 0.29) is 0 Å². The quantitative estimate of drug-likeness (QED) is 0.341. The Morgan fingerprint density at radius 3 is 1.55 bits per heavy atom. The fraction of sp³-hybridized carbons (Fsp3) is 0.400. The van der Waals surface area contributed by atoms with Crippen LogP contribution in [0.1, 0.15) is 74.6 Å². The molecule has 33 heavy (non-hydrogen) atoms. The third-order valence-corrected chi connectivity index (χ3v) is 6.67. The highest BCUT2D eigenvalue weighted by Gasteiger charge is 2.17. The molecule has 0 heterocycles. The summed E-state index contributed by atoms with van der Waals surface area (Å²) in [6.45, 7) is 8.48. The summed E-state index contributed by atoms with van der Waals surface area (Å²) >= 11 is 0. The van der Waals surface area contributed by atoms with E-state index in [1.54, 1.807) is 0 Å². The number of hydrogen-bond acceptors (Lipinski definition) is 3. The Hall–Kier alpha value is -2.94. The summed E-state index contributed by atoms with van der Waals surface area (Å²) in [4.78, 5) is 2.40. The number of benzene rings is 3. The fourth-order valence-corrected chi connectivity index (χ4v) is 4.52. The topological polar surface area (TPSA) is 43.7 Å². The number of aromatic hydroxyl groups is 2. The highest BCUT2D eigenvalue weighted by Crippen LogP contribution is 2.29. The number of nitrogens with zero attached hydrogens (tertiary/aromatic N) is 1. The van der Waals surface area contributed by atoms with Crippen LogP contribution in [0.25, 0.3) is 0 Å². The number of aryl methyl sites for hydroxylation is 2. The van der Waals surface area contributed by atoms with E-state index in [0.29, 0.717) is 29.4 Å². The SMILES string of the molecule is CC(C)c1cc(CCC(CCc2ccc(O)c(C(C)C)c2)N(C)c2ccccc2)ccc1O. The normalized spacial score (nSPS) is 11.5. The molecule has 3 aromatic carbocycles. The van der Waals surface area contributed by atoms with Gasteiger partial charge in [0.2, 0.25) is 0 Å². The lowest BCUT2D eigenvalue weighted by Crippen LogP contribution is -2.32. The number of hydrogen-bond donors (Lipinski definition) is 2. The van der Waals surface area contributed by atoms with Gasteiger partial charge in [-0.05, 0) is 84.0 Å². The summed E-state index contributed by atoms with van der Waals surface area (Å²) in [5.41, 5.74) is 5.81. The van der Waals surface area contributed by atoms with E-state index in [2.05, 4.69) is 94.2 Å². The molecular formula is C30H39NO2. The van der Waals surface area contributed by atoms with Crippen molar-refractivity contribution in [1.29, 1.82) is 0 Å². The second kappa shape index (κ2) is 11.3. The second-order valence-corrected chi connectivity index (χ2v) is 9.77. The van der Waals surface area contributed by atoms with Crippen LogP contribution < -0.4 is 4.90 Å². The third-order valence-electron chi connectivity index (χ3n) is 6.67. The monoisotopic (exact) mass is 445 g/mol. The van der Waals surface area contributed by atoms with Crippen LogP contribution in [-0.2, 0) is 12.8 Å². The average Bonchev–Trinajstić information content (AvgIpc) is 2.80. The standard InChI is InChI=1S/C30H39NO2/c1-21(2)27-19-23(13-17-29(27)32)11-15-26(31(5)25-9-7-6-8-10-25)16-12-24-14-18-30(33)28(20-24)22(3)4/h6-10,13-14,17-22,26,32-33H,11-12,15-16H2,1-5H3. The predicted molar refractivity (Wildman–Crippen MR) is 140 cm³/mol. The Labute approximate surface area is 199 Å². The first-order chi connectivity index (χ1) is 15.8. The fourth-order valence-electron chi connectivity index (χ4n) is 4.52. The minimum absolute atomic E-state index is 0.303. The summed E-state index contributed by atoms with van der Waals surface area (Å²) in [6, 6.07) is 23.0. The van der Waals surface area contributed by atoms with Gasteiger partial charge in [0.1, 0.15) is 11.5 Å². The molecule has 176 valence electrons. The van der Waals surface area contributed by atoms with Gasteiger partial charge in [0, 0.05) is 18.8 Å². The molecule has 0 radical (unpaired) electrons. The number of rotatable bonds is 10. The summed E-state index contributed by atoms with van der Waals surface area (Å²) in [6.07, 6.45) is 4.00. The van der Waals surface area contributed by atoms with Crippen LogP contribution >= 0.6 is 0 Å². The summed E-state index contributed by atoms with van der Waals surface area (Å²) in [7, 11) is 2.19. The van der Waals surface area contributed by atoms with Gasteiger partial charge < -0.3 is 15.1 Å². The summed E-state index contributed by atoms with van der Waals surface area (Å²) < 4.78 is 0. The van der Waals surface area contributed by atoms with Crippen LogP contribution in [0.15, 0.2) is 66.7 Å². The lowest BCUT2D eigenvalue weighted by atomic mass is 9.93. The van der Waals surface area contributed by atoms with Gasteiger partial charge in [-0.2, -0.15) is 0 Å². The second-order valence-electron chi connectivity index (χ2n) is 9.77. The molecule has 0 aromatic heterocycles. The molecule has 0 unspecified atom stereocenters. The molecule has 0 amide bonds. The van der Waals surface area contributed by atoms with E-state index in [4.69, 9.17) is 0 Å². The van der Waals surface area contributed by atoms with Crippen LogP contribution in [-0.4, -0.2) is 23.3 Å². The molecule has 0 fully saturated rings. The average molecular weight is 446 g/mol. The number of para-hydroxylation sites is 1. The van der Waals surface area contributed by atoms with Gasteiger partial charge in [0.25, 0.3) is 0 Å². The van der Waals surface area contributed by atoms with E-state index in [0.717, 1.165) is 36.8 Å². The van der Waals surface area contributed by atoms with Crippen molar-refractivity contribution in [1.82, 2.24) is 0 Å². The van der Waals surface area contributed by atoms with Crippen molar-refractivity contribution < 1.29 is 10.2 Å². The van der Waals surface area contributed by atoms with Crippen molar-refractivity contribution in [3.8, 4) is 11.5 Å². The molecule has 3 aromatic rings. The van der Waals surface area contributed by atoms with Crippen LogP contribution in [0.3, 0.4) is 0 Å². The maximum absolute atomic E-state index is 10.2.